The monoisotopic (exact) mass is 306 g/mol. The summed E-state index contributed by atoms with van der Waals surface area (Å²) in [4.78, 5) is 22.7. The molecule has 0 aromatic heterocycles. The second kappa shape index (κ2) is 10.6. The summed E-state index contributed by atoms with van der Waals surface area (Å²) < 4.78 is 0. The lowest BCUT2D eigenvalue weighted by atomic mass is 10.2. The van der Waals surface area contributed by atoms with Crippen LogP contribution >= 0.6 is 15.9 Å². The molecule has 0 aromatic rings. The van der Waals surface area contributed by atoms with Crippen molar-refractivity contribution < 1.29 is 9.59 Å². The number of rotatable bonds is 9. The van der Waals surface area contributed by atoms with Crippen molar-refractivity contribution in [2.45, 2.75) is 52.0 Å². The van der Waals surface area contributed by atoms with Crippen molar-refractivity contribution in [2.24, 2.45) is 0 Å². The Kier molecular flexibility index (Phi) is 10.2. The smallest absolute Gasteiger partial charge is 0.221 e. The van der Waals surface area contributed by atoms with Gasteiger partial charge in [-0.1, -0.05) is 22.9 Å². The molecule has 100 valence electrons. The van der Waals surface area contributed by atoms with E-state index in [1.165, 1.54) is 0 Å². The quantitative estimate of drug-likeness (QED) is 0.505. The Morgan fingerprint density at radius 2 is 1.88 bits per heavy atom. The molecule has 0 aliphatic carbocycles. The predicted octanol–water partition coefficient (Wildman–Crippen LogP) is 1.97. The first-order chi connectivity index (χ1) is 8.10. The van der Waals surface area contributed by atoms with Crippen molar-refractivity contribution in [1.29, 1.82) is 0 Å². The van der Waals surface area contributed by atoms with E-state index < -0.39 is 0 Å². The van der Waals surface area contributed by atoms with Crippen LogP contribution in [0.2, 0.25) is 0 Å². The number of carbonyl (C=O) groups excluding carboxylic acids is 2. The largest absolute Gasteiger partial charge is 0.356 e. The maximum Gasteiger partial charge on any atom is 0.221 e. The summed E-state index contributed by atoms with van der Waals surface area (Å²) in [6.45, 7) is 4.42. The number of hydrogen-bond donors (Lipinski definition) is 2. The van der Waals surface area contributed by atoms with Crippen molar-refractivity contribution >= 4 is 27.7 Å². The number of hydrogen-bond acceptors (Lipinski definition) is 2. The van der Waals surface area contributed by atoms with Crippen molar-refractivity contribution in [3.63, 3.8) is 0 Å². The van der Waals surface area contributed by atoms with Crippen LogP contribution in [0.5, 0.6) is 0 Å². The number of halogens is 1. The molecule has 0 bridgehead atoms. The highest BCUT2D eigenvalue weighted by Crippen LogP contribution is 1.98. The van der Waals surface area contributed by atoms with Crippen molar-refractivity contribution in [1.82, 2.24) is 10.6 Å². The molecule has 0 fully saturated rings. The van der Waals surface area contributed by atoms with Gasteiger partial charge < -0.3 is 10.6 Å². The predicted molar refractivity (Wildman–Crippen MR) is 73.2 cm³/mol. The molecule has 0 rings (SSSR count). The maximum atomic E-state index is 11.4. The zero-order chi connectivity index (χ0) is 13.1. The number of unbranched alkanes of at least 4 members (excludes halogenated alkanes) is 1. The third kappa shape index (κ3) is 10.3. The molecular weight excluding hydrogens is 284 g/mol. The van der Waals surface area contributed by atoms with E-state index in [-0.39, 0.29) is 17.9 Å². The molecular formula is C12H23BrN2O2. The maximum absolute atomic E-state index is 11.4. The summed E-state index contributed by atoms with van der Waals surface area (Å²) in [5.41, 5.74) is 0. The van der Waals surface area contributed by atoms with Crippen LogP contribution in [0.15, 0.2) is 0 Å². The zero-order valence-corrected chi connectivity index (χ0v) is 12.3. The summed E-state index contributed by atoms with van der Waals surface area (Å²) in [5.74, 6) is 0.0300. The molecule has 0 heterocycles. The zero-order valence-electron chi connectivity index (χ0n) is 10.7. The van der Waals surface area contributed by atoms with Gasteiger partial charge in [-0.3, -0.25) is 9.59 Å². The van der Waals surface area contributed by atoms with E-state index in [0.717, 1.165) is 24.6 Å². The fourth-order valence-electron chi connectivity index (χ4n) is 1.23. The van der Waals surface area contributed by atoms with Gasteiger partial charge in [-0.25, -0.2) is 0 Å². The van der Waals surface area contributed by atoms with E-state index in [1.807, 2.05) is 13.8 Å². The lowest BCUT2D eigenvalue weighted by Gasteiger charge is -2.11. The van der Waals surface area contributed by atoms with E-state index in [2.05, 4.69) is 26.6 Å². The van der Waals surface area contributed by atoms with Crippen molar-refractivity contribution in [2.75, 3.05) is 11.9 Å². The minimum absolute atomic E-state index is 0.000100. The summed E-state index contributed by atoms with van der Waals surface area (Å²) in [6, 6.07) is 0.206. The Morgan fingerprint density at radius 1 is 1.18 bits per heavy atom. The molecule has 0 spiro atoms. The van der Waals surface area contributed by atoms with Crippen LogP contribution in [0, 0.1) is 0 Å². The number of carbonyl (C=O) groups is 2. The van der Waals surface area contributed by atoms with Crippen LogP contribution in [-0.2, 0) is 9.59 Å². The lowest BCUT2D eigenvalue weighted by molar-refractivity contribution is -0.122. The topological polar surface area (TPSA) is 58.2 Å². The Morgan fingerprint density at radius 3 is 2.47 bits per heavy atom. The fourth-order valence-corrected chi connectivity index (χ4v) is 1.63. The molecule has 2 amide bonds. The Labute approximate surface area is 112 Å². The summed E-state index contributed by atoms with van der Waals surface area (Å²) in [5, 5.41) is 6.54. The average molecular weight is 307 g/mol. The minimum atomic E-state index is 0.000100. The number of alkyl halides is 1. The SMILES string of the molecule is CCC(C)NC(=O)CCNC(=O)CCCCBr. The molecule has 0 radical (unpaired) electrons. The van der Waals surface area contributed by atoms with Crippen LogP contribution < -0.4 is 10.6 Å². The summed E-state index contributed by atoms with van der Waals surface area (Å²) in [6.07, 6.45) is 3.70. The highest BCUT2D eigenvalue weighted by Gasteiger charge is 2.06. The molecule has 0 saturated carbocycles. The molecule has 0 saturated heterocycles. The van der Waals surface area contributed by atoms with Crippen LogP contribution in [0.1, 0.15) is 46.0 Å². The average Bonchev–Trinajstić information content (AvgIpc) is 2.29. The third-order valence-electron chi connectivity index (χ3n) is 2.48. The highest BCUT2D eigenvalue weighted by molar-refractivity contribution is 9.09. The highest BCUT2D eigenvalue weighted by atomic mass is 79.9. The van der Waals surface area contributed by atoms with Crippen LogP contribution in [-0.4, -0.2) is 29.7 Å². The molecule has 0 aliphatic rings. The number of amides is 2. The van der Waals surface area contributed by atoms with E-state index in [0.29, 0.717) is 19.4 Å². The lowest BCUT2D eigenvalue weighted by Crippen LogP contribution is -2.35. The van der Waals surface area contributed by atoms with Gasteiger partial charge in [0, 0.05) is 30.8 Å². The van der Waals surface area contributed by atoms with Gasteiger partial charge in [0.25, 0.3) is 0 Å². The molecule has 4 nitrogen and oxygen atoms in total. The van der Waals surface area contributed by atoms with Gasteiger partial charge in [0.15, 0.2) is 0 Å². The van der Waals surface area contributed by atoms with Gasteiger partial charge in [0.1, 0.15) is 0 Å². The Bertz CT molecular complexity index is 235. The molecule has 5 heteroatoms. The second-order valence-corrected chi connectivity index (χ2v) is 4.92. The molecule has 1 atom stereocenters. The number of nitrogens with one attached hydrogen (secondary N) is 2. The standard InChI is InChI=1S/C12H23BrN2O2/c1-3-10(2)15-12(17)7-9-14-11(16)6-4-5-8-13/h10H,3-9H2,1-2H3,(H,14,16)(H,15,17). The van der Waals surface area contributed by atoms with E-state index in [4.69, 9.17) is 0 Å². The third-order valence-corrected chi connectivity index (χ3v) is 3.04. The first-order valence-electron chi connectivity index (χ1n) is 6.22. The first-order valence-corrected chi connectivity index (χ1v) is 7.34. The van der Waals surface area contributed by atoms with Crippen LogP contribution in [0.3, 0.4) is 0 Å². The Hall–Kier alpha value is -0.580. The summed E-state index contributed by atoms with van der Waals surface area (Å²) >= 11 is 3.32. The van der Waals surface area contributed by atoms with E-state index in [9.17, 15) is 9.59 Å². The minimum Gasteiger partial charge on any atom is -0.356 e. The fraction of sp³-hybridized carbons (Fsp3) is 0.833. The first kappa shape index (κ1) is 16.4. The van der Waals surface area contributed by atoms with Gasteiger partial charge >= 0.3 is 0 Å². The van der Waals surface area contributed by atoms with Crippen LogP contribution in [0.4, 0.5) is 0 Å². The Balaban J connectivity index is 3.49. The van der Waals surface area contributed by atoms with Crippen molar-refractivity contribution in [3.05, 3.63) is 0 Å². The van der Waals surface area contributed by atoms with E-state index >= 15 is 0 Å². The van der Waals surface area contributed by atoms with E-state index in [1.54, 1.807) is 0 Å². The molecule has 0 aromatic carbocycles. The van der Waals surface area contributed by atoms with Gasteiger partial charge in [0.2, 0.25) is 11.8 Å². The summed E-state index contributed by atoms with van der Waals surface area (Å²) in [7, 11) is 0. The molecule has 0 aliphatic heterocycles. The normalized spacial score (nSPS) is 11.9. The molecule has 17 heavy (non-hydrogen) atoms. The molecule has 1 unspecified atom stereocenters. The second-order valence-electron chi connectivity index (χ2n) is 4.12. The van der Waals surface area contributed by atoms with Crippen molar-refractivity contribution in [3.8, 4) is 0 Å². The van der Waals surface area contributed by atoms with Crippen LogP contribution in [0.25, 0.3) is 0 Å². The van der Waals surface area contributed by atoms with Gasteiger partial charge in [-0.15, -0.1) is 0 Å². The molecule has 2 N–H and O–H groups in total. The van der Waals surface area contributed by atoms with Gasteiger partial charge in [-0.05, 0) is 26.2 Å². The van der Waals surface area contributed by atoms with Gasteiger partial charge in [0.05, 0.1) is 0 Å². The van der Waals surface area contributed by atoms with Gasteiger partial charge in [-0.2, -0.15) is 0 Å².